The largest absolute Gasteiger partial charge is 0.390 e. The van der Waals surface area contributed by atoms with E-state index in [9.17, 15) is 17.6 Å². The van der Waals surface area contributed by atoms with Crippen molar-refractivity contribution in [3.8, 4) is 0 Å². The van der Waals surface area contributed by atoms with Gasteiger partial charge in [0, 0.05) is 10.5 Å². The number of likely N-dealkylation sites (N-methyl/N-ethyl adjacent to an activating group) is 1. The van der Waals surface area contributed by atoms with Gasteiger partial charge in [0.2, 0.25) is 0 Å². The molecule has 0 aromatic heterocycles. The summed E-state index contributed by atoms with van der Waals surface area (Å²) in [6.45, 7) is 2.18. The number of halogens is 5. The van der Waals surface area contributed by atoms with Gasteiger partial charge in [-0.3, -0.25) is 0 Å². The summed E-state index contributed by atoms with van der Waals surface area (Å²) >= 11 is 3.12. The second-order valence-corrected chi connectivity index (χ2v) is 4.97. The van der Waals surface area contributed by atoms with Crippen LogP contribution in [0.3, 0.4) is 0 Å². The van der Waals surface area contributed by atoms with Gasteiger partial charge in [0.05, 0.1) is 6.42 Å². The second kappa shape index (κ2) is 6.52. The summed E-state index contributed by atoms with van der Waals surface area (Å²) in [4.78, 5) is 0. The number of hydrogen-bond donors (Lipinski definition) is 1. The molecular weight excluding hydrogens is 314 g/mol. The first kappa shape index (κ1) is 15.4. The molecule has 0 aliphatic rings. The highest BCUT2D eigenvalue weighted by molar-refractivity contribution is 9.10. The maximum Gasteiger partial charge on any atom is 0.390 e. The maximum absolute atomic E-state index is 13.1. The lowest BCUT2D eigenvalue weighted by Crippen LogP contribution is -2.35. The third kappa shape index (κ3) is 5.82. The first-order valence-electron chi connectivity index (χ1n) is 5.55. The molecule has 1 atom stereocenters. The van der Waals surface area contributed by atoms with E-state index in [1.54, 1.807) is 13.0 Å². The smallest absolute Gasteiger partial charge is 0.314 e. The van der Waals surface area contributed by atoms with E-state index in [0.29, 0.717) is 16.6 Å². The van der Waals surface area contributed by atoms with E-state index in [4.69, 9.17) is 0 Å². The Morgan fingerprint density at radius 1 is 1.28 bits per heavy atom. The van der Waals surface area contributed by atoms with Crippen molar-refractivity contribution in [3.05, 3.63) is 34.1 Å². The molecule has 0 radical (unpaired) electrons. The number of benzene rings is 1. The van der Waals surface area contributed by atoms with Crippen LogP contribution in [0.4, 0.5) is 17.6 Å². The number of nitrogens with one attached hydrogen (secondary N) is 1. The summed E-state index contributed by atoms with van der Waals surface area (Å²) in [6, 6.07) is 3.42. The van der Waals surface area contributed by atoms with Gasteiger partial charge in [0.1, 0.15) is 5.82 Å². The van der Waals surface area contributed by atoms with E-state index in [0.717, 1.165) is 0 Å². The van der Waals surface area contributed by atoms with Gasteiger partial charge in [-0.25, -0.2) is 4.39 Å². The molecule has 0 aliphatic heterocycles. The van der Waals surface area contributed by atoms with Crippen LogP contribution in [0.5, 0.6) is 0 Å². The molecule has 1 rings (SSSR count). The van der Waals surface area contributed by atoms with Crippen molar-refractivity contribution in [2.24, 2.45) is 0 Å². The van der Waals surface area contributed by atoms with Crippen LogP contribution in [0.1, 0.15) is 18.9 Å². The highest BCUT2D eigenvalue weighted by Crippen LogP contribution is 2.24. The summed E-state index contributed by atoms with van der Waals surface area (Å²) in [5, 5.41) is 2.77. The molecule has 0 saturated carbocycles. The number of rotatable bonds is 5. The van der Waals surface area contributed by atoms with E-state index in [-0.39, 0.29) is 6.42 Å². The van der Waals surface area contributed by atoms with Gasteiger partial charge in [-0.1, -0.05) is 22.9 Å². The maximum atomic E-state index is 13.1. The van der Waals surface area contributed by atoms with E-state index >= 15 is 0 Å². The molecule has 0 spiro atoms. The average Bonchev–Trinajstić information content (AvgIpc) is 2.12. The van der Waals surface area contributed by atoms with Gasteiger partial charge in [-0.15, -0.1) is 0 Å². The first-order chi connectivity index (χ1) is 8.30. The Labute approximate surface area is 112 Å². The van der Waals surface area contributed by atoms with Crippen molar-refractivity contribution in [1.82, 2.24) is 5.32 Å². The average molecular weight is 328 g/mol. The fraction of sp³-hybridized carbons (Fsp3) is 0.500. The zero-order valence-corrected chi connectivity index (χ0v) is 11.4. The van der Waals surface area contributed by atoms with Crippen LogP contribution in [0.25, 0.3) is 0 Å². The molecule has 0 saturated heterocycles. The molecule has 0 aliphatic carbocycles. The van der Waals surface area contributed by atoms with Gasteiger partial charge < -0.3 is 5.32 Å². The SMILES string of the molecule is CCNC(Cc1cc(F)cc(Br)c1)CC(F)(F)F. The van der Waals surface area contributed by atoms with Gasteiger partial charge in [0.25, 0.3) is 0 Å². The Balaban J connectivity index is 2.76. The Kier molecular flexibility index (Phi) is 5.59. The summed E-state index contributed by atoms with van der Waals surface area (Å²) in [5.41, 5.74) is 0.539. The lowest BCUT2D eigenvalue weighted by molar-refractivity contribution is -0.139. The summed E-state index contributed by atoms with van der Waals surface area (Å²) in [7, 11) is 0. The molecule has 0 bridgehead atoms. The van der Waals surface area contributed by atoms with Crippen molar-refractivity contribution < 1.29 is 17.6 Å². The lowest BCUT2D eigenvalue weighted by atomic mass is 10.0. The molecule has 102 valence electrons. The van der Waals surface area contributed by atoms with Crippen LogP contribution in [0.15, 0.2) is 22.7 Å². The Morgan fingerprint density at radius 3 is 2.44 bits per heavy atom. The third-order valence-electron chi connectivity index (χ3n) is 2.38. The Hall–Kier alpha value is -0.620. The van der Waals surface area contributed by atoms with Crippen molar-refractivity contribution in [3.63, 3.8) is 0 Å². The molecule has 1 unspecified atom stereocenters. The molecule has 0 fully saturated rings. The van der Waals surface area contributed by atoms with Crippen molar-refractivity contribution >= 4 is 15.9 Å². The third-order valence-corrected chi connectivity index (χ3v) is 2.83. The predicted octanol–water partition coefficient (Wildman–Crippen LogP) is 4.06. The Morgan fingerprint density at radius 2 is 1.94 bits per heavy atom. The standard InChI is InChI=1S/C12H14BrF4N/c1-2-18-11(7-12(15,16)17)5-8-3-9(13)6-10(14)4-8/h3-4,6,11,18H,2,5,7H2,1H3. The molecule has 1 N–H and O–H groups in total. The van der Waals surface area contributed by atoms with Crippen molar-refractivity contribution in [1.29, 1.82) is 0 Å². The molecule has 0 heterocycles. The van der Waals surface area contributed by atoms with Gasteiger partial charge >= 0.3 is 6.18 Å². The van der Waals surface area contributed by atoms with Gasteiger partial charge in [-0.2, -0.15) is 13.2 Å². The second-order valence-electron chi connectivity index (χ2n) is 4.06. The van der Waals surface area contributed by atoms with Crippen LogP contribution in [-0.2, 0) is 6.42 Å². The normalized spacial score (nSPS) is 13.7. The molecule has 1 nitrogen and oxygen atoms in total. The summed E-state index contributed by atoms with van der Waals surface area (Å²) in [5.74, 6) is -0.457. The minimum atomic E-state index is -4.22. The highest BCUT2D eigenvalue weighted by Gasteiger charge is 2.31. The van der Waals surface area contributed by atoms with Crippen LogP contribution in [0, 0.1) is 5.82 Å². The lowest BCUT2D eigenvalue weighted by Gasteiger charge is -2.19. The molecule has 1 aromatic rings. The van der Waals surface area contributed by atoms with E-state index < -0.39 is 24.5 Å². The zero-order chi connectivity index (χ0) is 13.8. The summed E-state index contributed by atoms with van der Waals surface area (Å²) < 4.78 is 50.8. The number of alkyl halides is 3. The number of hydrogen-bond acceptors (Lipinski definition) is 1. The molecule has 18 heavy (non-hydrogen) atoms. The summed E-state index contributed by atoms with van der Waals surface area (Å²) in [6.07, 6.45) is -5.00. The minimum absolute atomic E-state index is 0.143. The van der Waals surface area contributed by atoms with Crippen LogP contribution in [-0.4, -0.2) is 18.8 Å². The molecular formula is C12H14BrF4N. The quantitative estimate of drug-likeness (QED) is 0.804. The van der Waals surface area contributed by atoms with Gasteiger partial charge in [0.15, 0.2) is 0 Å². The van der Waals surface area contributed by atoms with Crippen LogP contribution >= 0.6 is 15.9 Å². The fourth-order valence-corrected chi connectivity index (χ4v) is 2.31. The highest BCUT2D eigenvalue weighted by atomic mass is 79.9. The molecule has 6 heteroatoms. The van der Waals surface area contributed by atoms with Crippen LogP contribution in [0.2, 0.25) is 0 Å². The predicted molar refractivity (Wildman–Crippen MR) is 65.9 cm³/mol. The van der Waals surface area contributed by atoms with E-state index in [1.807, 2.05) is 0 Å². The molecule has 0 amide bonds. The zero-order valence-electron chi connectivity index (χ0n) is 9.82. The fourth-order valence-electron chi connectivity index (χ4n) is 1.80. The van der Waals surface area contributed by atoms with E-state index in [2.05, 4.69) is 21.2 Å². The Bertz CT molecular complexity index is 372. The monoisotopic (exact) mass is 327 g/mol. The van der Waals surface area contributed by atoms with Crippen LogP contribution < -0.4 is 5.32 Å². The van der Waals surface area contributed by atoms with E-state index in [1.165, 1.54) is 12.1 Å². The van der Waals surface area contributed by atoms with Gasteiger partial charge in [-0.05, 0) is 36.7 Å². The topological polar surface area (TPSA) is 12.0 Å². The first-order valence-corrected chi connectivity index (χ1v) is 6.34. The molecule has 1 aromatic carbocycles. The van der Waals surface area contributed by atoms with Crippen molar-refractivity contribution in [2.45, 2.75) is 32.0 Å². The van der Waals surface area contributed by atoms with Crippen molar-refractivity contribution in [2.75, 3.05) is 6.54 Å². The minimum Gasteiger partial charge on any atom is -0.314 e.